The number of sulfonamides is 1. The van der Waals surface area contributed by atoms with Crippen LogP contribution in [0.4, 0.5) is 5.69 Å². The van der Waals surface area contributed by atoms with Gasteiger partial charge in [0.05, 0.1) is 19.1 Å². The van der Waals surface area contributed by atoms with Crippen LogP contribution in [0.25, 0.3) is 0 Å². The maximum absolute atomic E-state index is 13.5. The Kier molecular flexibility index (Phi) is 9.30. The molecule has 0 unspecified atom stereocenters. The van der Waals surface area contributed by atoms with Gasteiger partial charge in [-0.15, -0.1) is 0 Å². The first-order valence-electron chi connectivity index (χ1n) is 10.4. The Labute approximate surface area is 204 Å². The van der Waals surface area contributed by atoms with Gasteiger partial charge in [-0.3, -0.25) is 13.9 Å². The second-order valence-electron chi connectivity index (χ2n) is 7.93. The monoisotopic (exact) mass is 539 g/mol. The zero-order valence-corrected chi connectivity index (χ0v) is 21.8. The molecule has 2 rings (SSSR count). The van der Waals surface area contributed by atoms with Crippen LogP contribution in [-0.4, -0.2) is 57.1 Å². The van der Waals surface area contributed by atoms with Crippen LogP contribution in [0.2, 0.25) is 0 Å². The molecule has 180 valence electrons. The van der Waals surface area contributed by atoms with Gasteiger partial charge in [-0.05, 0) is 50.6 Å². The summed E-state index contributed by atoms with van der Waals surface area (Å²) in [6, 6.07) is 13.0. The molecule has 2 amide bonds. The first-order valence-corrected chi connectivity index (χ1v) is 13.0. The van der Waals surface area contributed by atoms with Crippen molar-refractivity contribution < 1.29 is 22.7 Å². The maximum atomic E-state index is 13.5. The molecular formula is C23H30BrN3O5S. The largest absolute Gasteiger partial charge is 0.495 e. The predicted octanol–water partition coefficient (Wildman–Crippen LogP) is 3.17. The molecule has 0 bridgehead atoms. The normalized spacial score (nSPS) is 12.2. The fraction of sp³-hybridized carbons (Fsp3) is 0.391. The van der Waals surface area contributed by atoms with E-state index in [2.05, 4.69) is 21.2 Å². The highest BCUT2D eigenvalue weighted by Gasteiger charge is 2.31. The van der Waals surface area contributed by atoms with E-state index in [0.29, 0.717) is 5.75 Å². The van der Waals surface area contributed by atoms with Crippen LogP contribution in [0.1, 0.15) is 26.3 Å². The molecule has 0 aromatic heterocycles. The van der Waals surface area contributed by atoms with Crippen molar-refractivity contribution in [2.45, 2.75) is 39.4 Å². The van der Waals surface area contributed by atoms with Gasteiger partial charge in [0.25, 0.3) is 0 Å². The summed E-state index contributed by atoms with van der Waals surface area (Å²) in [5, 5.41) is 2.81. The summed E-state index contributed by atoms with van der Waals surface area (Å²) in [5.41, 5.74) is 1.05. The average Bonchev–Trinajstić information content (AvgIpc) is 2.75. The highest BCUT2D eigenvalue weighted by Crippen LogP contribution is 2.29. The highest BCUT2D eigenvalue weighted by molar-refractivity contribution is 9.10. The minimum Gasteiger partial charge on any atom is -0.495 e. The van der Waals surface area contributed by atoms with Crippen LogP contribution in [0.15, 0.2) is 53.0 Å². The molecule has 0 saturated heterocycles. The molecule has 0 heterocycles. The van der Waals surface area contributed by atoms with E-state index in [-0.39, 0.29) is 24.2 Å². The summed E-state index contributed by atoms with van der Waals surface area (Å²) in [7, 11) is -2.39. The SMILES string of the molecule is COc1ccccc1N(CC(=O)N(Cc1ccc(Br)cc1)[C@H](C)C(=O)NC(C)C)S(C)(=O)=O. The fourth-order valence-corrected chi connectivity index (χ4v) is 4.32. The fourth-order valence-electron chi connectivity index (χ4n) is 3.20. The zero-order chi connectivity index (χ0) is 24.8. The van der Waals surface area contributed by atoms with Gasteiger partial charge in [0.1, 0.15) is 18.3 Å². The molecule has 2 aromatic carbocycles. The molecule has 0 aliphatic carbocycles. The van der Waals surface area contributed by atoms with Crippen molar-refractivity contribution in [1.82, 2.24) is 10.2 Å². The van der Waals surface area contributed by atoms with E-state index in [1.54, 1.807) is 31.2 Å². The van der Waals surface area contributed by atoms with Gasteiger partial charge in [0.2, 0.25) is 21.8 Å². The third-order valence-corrected chi connectivity index (χ3v) is 6.55. The number of ether oxygens (including phenoxy) is 1. The van der Waals surface area contributed by atoms with E-state index >= 15 is 0 Å². The third kappa shape index (κ3) is 7.46. The van der Waals surface area contributed by atoms with Crippen LogP contribution in [-0.2, 0) is 26.2 Å². The lowest BCUT2D eigenvalue weighted by molar-refractivity contribution is -0.139. The van der Waals surface area contributed by atoms with Crippen LogP contribution < -0.4 is 14.4 Å². The van der Waals surface area contributed by atoms with Gasteiger partial charge < -0.3 is 15.0 Å². The summed E-state index contributed by atoms with van der Waals surface area (Å²) >= 11 is 3.38. The number of carbonyl (C=O) groups is 2. The number of nitrogens with one attached hydrogen (secondary N) is 1. The zero-order valence-electron chi connectivity index (χ0n) is 19.4. The van der Waals surface area contributed by atoms with Gasteiger partial charge in [0.15, 0.2) is 0 Å². The summed E-state index contributed by atoms with van der Waals surface area (Å²) in [5.74, 6) is -0.514. The molecule has 0 aliphatic rings. The minimum absolute atomic E-state index is 0.106. The number of carbonyl (C=O) groups excluding carboxylic acids is 2. The second-order valence-corrected chi connectivity index (χ2v) is 10.8. The summed E-state index contributed by atoms with van der Waals surface area (Å²) in [6.07, 6.45) is 1.03. The standard InChI is InChI=1S/C23H30BrN3O5S/c1-16(2)25-23(29)17(3)26(14-18-10-12-19(24)13-11-18)22(28)15-27(33(5,30)31)20-8-6-7-9-21(20)32-4/h6-13,16-17H,14-15H2,1-5H3,(H,25,29)/t17-/m1/s1. The molecule has 0 saturated carbocycles. The molecule has 1 atom stereocenters. The maximum Gasteiger partial charge on any atom is 0.244 e. The number of halogens is 1. The van der Waals surface area contributed by atoms with E-state index in [1.165, 1.54) is 12.0 Å². The van der Waals surface area contributed by atoms with Gasteiger partial charge in [-0.25, -0.2) is 8.42 Å². The number of para-hydroxylation sites is 2. The van der Waals surface area contributed by atoms with Crippen molar-refractivity contribution >= 4 is 43.5 Å². The Morgan fingerprint density at radius 1 is 1.06 bits per heavy atom. The van der Waals surface area contributed by atoms with E-state index in [9.17, 15) is 18.0 Å². The van der Waals surface area contributed by atoms with Crippen molar-refractivity contribution in [3.05, 3.63) is 58.6 Å². The lowest BCUT2D eigenvalue weighted by Crippen LogP contribution is -2.52. The van der Waals surface area contributed by atoms with Gasteiger partial charge in [-0.1, -0.05) is 40.2 Å². The smallest absolute Gasteiger partial charge is 0.244 e. The number of hydrogen-bond acceptors (Lipinski definition) is 5. The molecule has 1 N–H and O–H groups in total. The first-order chi connectivity index (χ1) is 15.4. The topological polar surface area (TPSA) is 96.0 Å². The molecule has 0 spiro atoms. The number of benzene rings is 2. The minimum atomic E-state index is -3.82. The summed E-state index contributed by atoms with van der Waals surface area (Å²) < 4.78 is 32.4. The van der Waals surface area contributed by atoms with Crippen LogP contribution in [0.3, 0.4) is 0 Å². The molecular weight excluding hydrogens is 510 g/mol. The second kappa shape index (κ2) is 11.5. The number of amides is 2. The summed E-state index contributed by atoms with van der Waals surface area (Å²) in [6.45, 7) is 4.96. The van der Waals surface area contributed by atoms with E-state index in [0.717, 1.165) is 20.6 Å². The predicted molar refractivity (Wildman–Crippen MR) is 133 cm³/mol. The molecule has 8 nitrogen and oxygen atoms in total. The Hall–Kier alpha value is -2.59. The van der Waals surface area contributed by atoms with Crippen molar-refractivity contribution in [3.63, 3.8) is 0 Å². The van der Waals surface area contributed by atoms with Crippen LogP contribution in [0.5, 0.6) is 5.75 Å². The first kappa shape index (κ1) is 26.7. The number of nitrogens with zero attached hydrogens (tertiary/aromatic N) is 2. The van der Waals surface area contributed by atoms with E-state index in [4.69, 9.17) is 4.74 Å². The molecule has 33 heavy (non-hydrogen) atoms. The molecule has 2 aromatic rings. The number of hydrogen-bond donors (Lipinski definition) is 1. The molecule has 10 heteroatoms. The highest BCUT2D eigenvalue weighted by atomic mass is 79.9. The Balaban J connectivity index is 2.42. The summed E-state index contributed by atoms with van der Waals surface area (Å²) in [4.78, 5) is 27.6. The molecule has 0 radical (unpaired) electrons. The quantitative estimate of drug-likeness (QED) is 0.500. The number of methoxy groups -OCH3 is 1. The number of anilines is 1. The van der Waals surface area contributed by atoms with Gasteiger partial charge in [-0.2, -0.15) is 0 Å². The molecule has 0 aliphatic heterocycles. The van der Waals surface area contributed by atoms with Crippen molar-refractivity contribution in [1.29, 1.82) is 0 Å². The number of rotatable bonds is 10. The lowest BCUT2D eigenvalue weighted by Gasteiger charge is -2.32. The van der Waals surface area contributed by atoms with Gasteiger partial charge in [0, 0.05) is 17.1 Å². The van der Waals surface area contributed by atoms with Crippen LogP contribution in [0, 0.1) is 0 Å². The Morgan fingerprint density at radius 3 is 2.21 bits per heavy atom. The van der Waals surface area contributed by atoms with E-state index in [1.807, 2.05) is 38.1 Å². The lowest BCUT2D eigenvalue weighted by atomic mass is 10.1. The van der Waals surface area contributed by atoms with Crippen molar-refractivity contribution in [3.8, 4) is 5.75 Å². The van der Waals surface area contributed by atoms with Crippen molar-refractivity contribution in [2.24, 2.45) is 0 Å². The third-order valence-electron chi connectivity index (χ3n) is 4.90. The van der Waals surface area contributed by atoms with Crippen molar-refractivity contribution in [2.75, 3.05) is 24.2 Å². The van der Waals surface area contributed by atoms with Crippen LogP contribution >= 0.6 is 15.9 Å². The Bertz CT molecular complexity index is 1070. The molecule has 0 fully saturated rings. The Morgan fingerprint density at radius 2 is 1.67 bits per heavy atom. The average molecular weight is 540 g/mol. The van der Waals surface area contributed by atoms with Gasteiger partial charge >= 0.3 is 0 Å². The van der Waals surface area contributed by atoms with E-state index < -0.39 is 28.5 Å².